The first-order valence-electron chi connectivity index (χ1n) is 7.65. The predicted octanol–water partition coefficient (Wildman–Crippen LogP) is 3.90. The maximum absolute atomic E-state index is 12.3. The van der Waals surface area contributed by atoms with Crippen molar-refractivity contribution in [3.8, 4) is 0 Å². The van der Waals surface area contributed by atoms with Gasteiger partial charge in [0.25, 0.3) is 5.91 Å². The third-order valence-corrected chi connectivity index (χ3v) is 4.21. The van der Waals surface area contributed by atoms with Crippen molar-refractivity contribution in [2.45, 2.75) is 32.6 Å². The average Bonchev–Trinajstić information content (AvgIpc) is 2.97. The van der Waals surface area contributed by atoms with Crippen molar-refractivity contribution in [2.75, 3.05) is 6.54 Å². The fourth-order valence-electron chi connectivity index (χ4n) is 2.48. The monoisotopic (exact) mass is 349 g/mol. The quantitative estimate of drug-likeness (QED) is 0.828. The van der Waals surface area contributed by atoms with Crippen molar-refractivity contribution in [3.05, 3.63) is 58.0 Å². The minimum atomic E-state index is -1.11. The van der Waals surface area contributed by atoms with Crippen LogP contribution < -0.4 is 5.32 Å². The molecule has 0 saturated carbocycles. The van der Waals surface area contributed by atoms with Gasteiger partial charge in [0.05, 0.1) is 0 Å². The number of aromatic carboxylic acids is 1. The lowest BCUT2D eigenvalue weighted by atomic mass is 9.84. The van der Waals surface area contributed by atoms with Gasteiger partial charge in [-0.3, -0.25) is 4.79 Å². The van der Waals surface area contributed by atoms with Crippen molar-refractivity contribution in [1.29, 1.82) is 0 Å². The molecule has 128 valence electrons. The highest BCUT2D eigenvalue weighted by atomic mass is 35.5. The van der Waals surface area contributed by atoms with Crippen LogP contribution in [0.25, 0.3) is 0 Å². The van der Waals surface area contributed by atoms with Crippen LogP contribution in [0.4, 0.5) is 0 Å². The summed E-state index contributed by atoms with van der Waals surface area (Å²) in [6.45, 7) is 6.04. The van der Waals surface area contributed by atoms with Crippen LogP contribution in [0, 0.1) is 0 Å². The molecule has 1 amide bonds. The van der Waals surface area contributed by atoms with E-state index in [1.54, 1.807) is 13.0 Å². The first-order valence-corrected chi connectivity index (χ1v) is 8.03. The predicted molar refractivity (Wildman–Crippen MR) is 91.9 cm³/mol. The number of nitrogens with one attached hydrogen (secondary N) is 1. The third-order valence-electron chi connectivity index (χ3n) is 3.88. The van der Waals surface area contributed by atoms with Crippen LogP contribution in [0.3, 0.4) is 0 Å². The van der Waals surface area contributed by atoms with Gasteiger partial charge in [-0.2, -0.15) is 0 Å². The number of amides is 1. The SMILES string of the molecule is CCc1oc(C(=O)NCC(C)(C)c2ccccc2Cl)cc1C(=O)O. The van der Waals surface area contributed by atoms with E-state index in [0.717, 1.165) is 5.56 Å². The Labute approximate surface area is 145 Å². The fourth-order valence-corrected chi connectivity index (χ4v) is 2.87. The number of hydrogen-bond donors (Lipinski definition) is 2. The van der Waals surface area contributed by atoms with E-state index in [0.29, 0.717) is 18.0 Å². The maximum Gasteiger partial charge on any atom is 0.339 e. The molecular weight excluding hydrogens is 330 g/mol. The summed E-state index contributed by atoms with van der Waals surface area (Å²) in [5.74, 6) is -1.26. The van der Waals surface area contributed by atoms with E-state index in [1.165, 1.54) is 6.07 Å². The summed E-state index contributed by atoms with van der Waals surface area (Å²) >= 11 is 6.22. The molecule has 1 aromatic carbocycles. The second kappa shape index (κ2) is 7.09. The van der Waals surface area contributed by atoms with Crippen LogP contribution in [-0.4, -0.2) is 23.5 Å². The Morgan fingerprint density at radius 1 is 1.29 bits per heavy atom. The van der Waals surface area contributed by atoms with Crippen LogP contribution in [0.15, 0.2) is 34.7 Å². The van der Waals surface area contributed by atoms with Crippen LogP contribution >= 0.6 is 11.6 Å². The molecule has 0 aliphatic rings. The Balaban J connectivity index is 2.13. The van der Waals surface area contributed by atoms with E-state index >= 15 is 0 Å². The molecule has 5 nitrogen and oxygen atoms in total. The van der Waals surface area contributed by atoms with Crippen molar-refractivity contribution in [1.82, 2.24) is 5.32 Å². The molecule has 0 fully saturated rings. The van der Waals surface area contributed by atoms with Gasteiger partial charge < -0.3 is 14.8 Å². The molecule has 6 heteroatoms. The first-order chi connectivity index (χ1) is 11.3. The van der Waals surface area contributed by atoms with Gasteiger partial charge in [-0.25, -0.2) is 4.79 Å². The Kier molecular flexibility index (Phi) is 5.34. The largest absolute Gasteiger partial charge is 0.478 e. The van der Waals surface area contributed by atoms with Crippen molar-refractivity contribution in [2.24, 2.45) is 0 Å². The Hall–Kier alpha value is -2.27. The third kappa shape index (κ3) is 3.79. The topological polar surface area (TPSA) is 79.5 Å². The lowest BCUT2D eigenvalue weighted by Gasteiger charge is -2.26. The van der Waals surface area contributed by atoms with Crippen molar-refractivity contribution < 1.29 is 19.1 Å². The molecule has 0 saturated heterocycles. The Bertz CT molecular complexity index is 764. The number of halogens is 1. The Morgan fingerprint density at radius 3 is 2.50 bits per heavy atom. The van der Waals surface area contributed by atoms with E-state index in [9.17, 15) is 9.59 Å². The summed E-state index contributed by atoms with van der Waals surface area (Å²) < 4.78 is 5.36. The maximum atomic E-state index is 12.3. The number of carbonyl (C=O) groups is 2. The van der Waals surface area contributed by atoms with Gasteiger partial charge in [-0.15, -0.1) is 0 Å². The lowest BCUT2D eigenvalue weighted by molar-refractivity contribution is 0.0694. The zero-order chi connectivity index (χ0) is 17.9. The molecule has 24 heavy (non-hydrogen) atoms. The summed E-state index contributed by atoms with van der Waals surface area (Å²) in [6, 6.07) is 8.73. The molecular formula is C18H20ClNO4. The van der Waals surface area contributed by atoms with E-state index in [2.05, 4.69) is 5.32 Å². The van der Waals surface area contributed by atoms with Gasteiger partial charge >= 0.3 is 5.97 Å². The number of benzene rings is 1. The highest BCUT2D eigenvalue weighted by Crippen LogP contribution is 2.29. The number of carbonyl (C=O) groups excluding carboxylic acids is 1. The molecule has 2 N–H and O–H groups in total. The van der Waals surface area contributed by atoms with Gasteiger partial charge in [0.1, 0.15) is 11.3 Å². The van der Waals surface area contributed by atoms with Crippen LogP contribution in [0.2, 0.25) is 5.02 Å². The minimum absolute atomic E-state index is 0.000733. The molecule has 0 radical (unpaired) electrons. The molecule has 0 unspecified atom stereocenters. The summed E-state index contributed by atoms with van der Waals surface area (Å²) in [6.07, 6.45) is 0.403. The highest BCUT2D eigenvalue weighted by Gasteiger charge is 2.26. The summed E-state index contributed by atoms with van der Waals surface area (Å²) in [5.41, 5.74) is 0.559. The van der Waals surface area contributed by atoms with Gasteiger partial charge in [0.2, 0.25) is 0 Å². The smallest absolute Gasteiger partial charge is 0.339 e. The van der Waals surface area contributed by atoms with Gasteiger partial charge in [0, 0.05) is 29.5 Å². The van der Waals surface area contributed by atoms with Crippen LogP contribution in [0.5, 0.6) is 0 Å². The summed E-state index contributed by atoms with van der Waals surface area (Å²) in [5, 5.41) is 12.5. The number of furan rings is 1. The van der Waals surface area contributed by atoms with Crippen LogP contribution in [-0.2, 0) is 11.8 Å². The lowest BCUT2D eigenvalue weighted by Crippen LogP contribution is -2.36. The van der Waals surface area contributed by atoms with E-state index in [4.69, 9.17) is 21.1 Å². The highest BCUT2D eigenvalue weighted by molar-refractivity contribution is 6.31. The fraction of sp³-hybridized carbons (Fsp3) is 0.333. The summed E-state index contributed by atoms with van der Waals surface area (Å²) in [7, 11) is 0. The van der Waals surface area contributed by atoms with E-state index < -0.39 is 11.9 Å². The number of carboxylic acids is 1. The summed E-state index contributed by atoms with van der Waals surface area (Å²) in [4.78, 5) is 23.4. The number of hydrogen-bond acceptors (Lipinski definition) is 3. The van der Waals surface area contributed by atoms with Crippen molar-refractivity contribution >= 4 is 23.5 Å². The normalized spacial score (nSPS) is 11.3. The zero-order valence-corrected chi connectivity index (χ0v) is 14.6. The first kappa shape index (κ1) is 18.1. The zero-order valence-electron chi connectivity index (χ0n) is 13.9. The molecule has 0 aliphatic heterocycles. The number of aryl methyl sites for hydroxylation is 1. The molecule has 2 aromatic rings. The number of rotatable bonds is 6. The molecule has 0 spiro atoms. The number of carboxylic acid groups (broad SMARTS) is 1. The van der Waals surface area contributed by atoms with E-state index in [-0.39, 0.29) is 22.5 Å². The Morgan fingerprint density at radius 2 is 1.96 bits per heavy atom. The van der Waals surface area contributed by atoms with Crippen molar-refractivity contribution in [3.63, 3.8) is 0 Å². The molecule has 1 heterocycles. The molecule has 0 atom stereocenters. The van der Waals surface area contributed by atoms with Gasteiger partial charge in [-0.05, 0) is 11.6 Å². The molecule has 0 bridgehead atoms. The minimum Gasteiger partial charge on any atom is -0.478 e. The standard InChI is InChI=1S/C18H20ClNO4/c1-4-14-11(17(22)23)9-15(24-14)16(21)20-10-18(2,3)12-7-5-6-8-13(12)19/h5-9H,4,10H2,1-3H3,(H,20,21)(H,22,23). The molecule has 0 aliphatic carbocycles. The van der Waals surface area contributed by atoms with Gasteiger partial charge in [-0.1, -0.05) is 50.6 Å². The second-order valence-electron chi connectivity index (χ2n) is 6.15. The van der Waals surface area contributed by atoms with E-state index in [1.807, 2.05) is 32.0 Å². The second-order valence-corrected chi connectivity index (χ2v) is 6.56. The average molecular weight is 350 g/mol. The van der Waals surface area contributed by atoms with Crippen LogP contribution in [0.1, 0.15) is 53.0 Å². The van der Waals surface area contributed by atoms with Gasteiger partial charge in [0.15, 0.2) is 5.76 Å². The molecule has 2 rings (SSSR count). The molecule has 1 aromatic heterocycles.